The summed E-state index contributed by atoms with van der Waals surface area (Å²) in [5.41, 5.74) is 9.04. The molecule has 0 atom stereocenters. The van der Waals surface area contributed by atoms with E-state index in [1.807, 2.05) is 6.07 Å². The molecule has 0 bridgehead atoms. The fourth-order valence-corrected chi connectivity index (χ4v) is 2.44. The predicted molar refractivity (Wildman–Crippen MR) is 120 cm³/mol. The third kappa shape index (κ3) is 9.42. The van der Waals surface area contributed by atoms with Gasteiger partial charge >= 0.3 is 18.2 Å². The maximum absolute atomic E-state index is 12.3. The molecule has 0 radical (unpaired) electrons. The molecule has 0 fully saturated rings. The Labute approximate surface area is 197 Å². The second-order valence-electron chi connectivity index (χ2n) is 6.83. The summed E-state index contributed by atoms with van der Waals surface area (Å²) >= 11 is 0. The number of amides is 2. The predicted octanol–water partition coefficient (Wildman–Crippen LogP) is 3.98. The summed E-state index contributed by atoms with van der Waals surface area (Å²) in [6.07, 6.45) is -2.31. The Balaban J connectivity index is 0.000000540. The van der Waals surface area contributed by atoms with E-state index in [0.717, 1.165) is 11.1 Å². The number of rotatable bonds is 6. The average molecular weight is 490 g/mol. The molecule has 0 aliphatic rings. The molecule has 1 heterocycles. The number of aromatic nitrogens is 1. The second kappa shape index (κ2) is 12.6. The number of nitrogens with zero attached hydrogens (tertiary/aromatic N) is 1. The molecule has 184 valence electrons. The number of pyridine rings is 1. The van der Waals surface area contributed by atoms with Gasteiger partial charge in [-0.3, -0.25) is 9.78 Å². The van der Waals surface area contributed by atoms with E-state index < -0.39 is 18.2 Å². The van der Waals surface area contributed by atoms with Crippen molar-refractivity contribution in [2.75, 3.05) is 11.1 Å². The van der Waals surface area contributed by atoms with Gasteiger partial charge in [-0.2, -0.15) is 13.2 Å². The van der Waals surface area contributed by atoms with Crippen molar-refractivity contribution in [3.63, 3.8) is 0 Å². The van der Waals surface area contributed by atoms with Crippen molar-refractivity contribution in [3.05, 3.63) is 89.7 Å². The molecule has 0 aliphatic carbocycles. The van der Waals surface area contributed by atoms with E-state index >= 15 is 0 Å². The number of ether oxygens (including phenoxy) is 1. The van der Waals surface area contributed by atoms with Crippen LogP contribution in [-0.2, 0) is 22.7 Å². The van der Waals surface area contributed by atoms with Crippen LogP contribution in [0.2, 0.25) is 0 Å². The Morgan fingerprint density at radius 3 is 2.20 bits per heavy atom. The minimum absolute atomic E-state index is 0.154. The van der Waals surface area contributed by atoms with Crippen molar-refractivity contribution in [3.8, 4) is 0 Å². The number of alkyl halides is 3. The molecule has 9 nitrogen and oxygen atoms in total. The van der Waals surface area contributed by atoms with Crippen LogP contribution in [0.1, 0.15) is 21.5 Å². The molecule has 0 aliphatic heterocycles. The number of carbonyl (C=O) groups is 3. The zero-order valence-corrected chi connectivity index (χ0v) is 18.1. The van der Waals surface area contributed by atoms with Crippen LogP contribution in [-0.4, -0.2) is 34.2 Å². The monoisotopic (exact) mass is 490 g/mol. The summed E-state index contributed by atoms with van der Waals surface area (Å²) in [5.74, 6) is -3.01. The molecule has 35 heavy (non-hydrogen) atoms. The molecule has 1 aromatic heterocycles. The van der Waals surface area contributed by atoms with E-state index in [1.54, 1.807) is 67.0 Å². The van der Waals surface area contributed by atoms with E-state index in [-0.39, 0.29) is 12.5 Å². The molecule has 0 unspecified atom stereocenters. The molecule has 0 saturated carbocycles. The molecule has 0 saturated heterocycles. The van der Waals surface area contributed by atoms with Crippen molar-refractivity contribution >= 4 is 29.3 Å². The minimum atomic E-state index is -5.08. The molecular formula is C23H21F3N4O5. The van der Waals surface area contributed by atoms with E-state index in [0.29, 0.717) is 23.5 Å². The van der Waals surface area contributed by atoms with Gasteiger partial charge in [-0.25, -0.2) is 9.59 Å². The number of aliphatic carboxylic acids is 1. The first-order valence-corrected chi connectivity index (χ1v) is 9.90. The average Bonchev–Trinajstić information content (AvgIpc) is 2.83. The standard InChI is InChI=1S/C21H20N4O3.C2HF3O2/c22-18-5-1-2-6-19(18)25-20(26)17-9-7-15(8-10-17)13-24-21(27)28-14-16-4-3-11-23-12-16;3-2(4,5)1(6)7/h1-12H,13-14,22H2,(H,24,27)(H,25,26);(H,6,7). The molecule has 2 aromatic carbocycles. The summed E-state index contributed by atoms with van der Waals surface area (Å²) in [6.45, 7) is 0.445. The Hall–Kier alpha value is -4.61. The van der Waals surface area contributed by atoms with Gasteiger partial charge in [0, 0.05) is 30.1 Å². The number of nitrogens with one attached hydrogen (secondary N) is 2. The number of benzene rings is 2. The number of hydrogen-bond acceptors (Lipinski definition) is 6. The molecule has 5 N–H and O–H groups in total. The molecule has 3 aromatic rings. The lowest BCUT2D eigenvalue weighted by molar-refractivity contribution is -0.192. The Morgan fingerprint density at radius 1 is 0.971 bits per heavy atom. The highest BCUT2D eigenvalue weighted by atomic mass is 19.4. The van der Waals surface area contributed by atoms with Crippen molar-refractivity contribution in [2.45, 2.75) is 19.3 Å². The van der Waals surface area contributed by atoms with Gasteiger partial charge in [0.05, 0.1) is 11.4 Å². The normalized spacial score (nSPS) is 10.4. The van der Waals surface area contributed by atoms with E-state index in [1.165, 1.54) is 0 Å². The number of carboxylic acids is 1. The highest BCUT2D eigenvalue weighted by Gasteiger charge is 2.38. The number of carboxylic acid groups (broad SMARTS) is 1. The lowest BCUT2D eigenvalue weighted by Gasteiger charge is -2.09. The summed E-state index contributed by atoms with van der Waals surface area (Å²) in [5, 5.41) is 12.6. The molecule has 0 spiro atoms. The Bertz CT molecular complexity index is 1140. The summed E-state index contributed by atoms with van der Waals surface area (Å²) in [7, 11) is 0. The highest BCUT2D eigenvalue weighted by molar-refractivity contribution is 6.05. The smallest absolute Gasteiger partial charge is 0.475 e. The zero-order chi connectivity index (χ0) is 25.8. The number of para-hydroxylation sites is 2. The summed E-state index contributed by atoms with van der Waals surface area (Å²) < 4.78 is 36.9. The van der Waals surface area contributed by atoms with Crippen LogP contribution in [0.25, 0.3) is 0 Å². The SMILES string of the molecule is Nc1ccccc1NC(=O)c1ccc(CNC(=O)OCc2cccnc2)cc1.O=C(O)C(F)(F)F. The van der Waals surface area contributed by atoms with Crippen LogP contribution < -0.4 is 16.4 Å². The molecular weight excluding hydrogens is 469 g/mol. The van der Waals surface area contributed by atoms with Gasteiger partial charge in [0.15, 0.2) is 0 Å². The summed E-state index contributed by atoms with van der Waals surface area (Å²) in [4.78, 5) is 36.9. The van der Waals surface area contributed by atoms with Crippen LogP contribution in [0.5, 0.6) is 0 Å². The van der Waals surface area contributed by atoms with Gasteiger partial charge in [0.2, 0.25) is 0 Å². The van der Waals surface area contributed by atoms with E-state index in [2.05, 4.69) is 15.6 Å². The van der Waals surface area contributed by atoms with Gasteiger partial charge < -0.3 is 26.2 Å². The maximum atomic E-state index is 12.3. The van der Waals surface area contributed by atoms with Gasteiger partial charge in [0.1, 0.15) is 6.61 Å². The topological polar surface area (TPSA) is 144 Å². The largest absolute Gasteiger partial charge is 0.490 e. The minimum Gasteiger partial charge on any atom is -0.475 e. The Morgan fingerprint density at radius 2 is 1.63 bits per heavy atom. The third-order valence-electron chi connectivity index (χ3n) is 4.20. The first kappa shape index (κ1) is 26.6. The number of anilines is 2. The molecule has 3 rings (SSSR count). The first-order valence-electron chi connectivity index (χ1n) is 9.90. The number of nitrogen functional groups attached to an aromatic ring is 1. The molecule has 12 heteroatoms. The lowest BCUT2D eigenvalue weighted by Crippen LogP contribution is -2.23. The van der Waals surface area contributed by atoms with Crippen LogP contribution in [0.15, 0.2) is 73.1 Å². The second-order valence-corrected chi connectivity index (χ2v) is 6.83. The quantitative estimate of drug-likeness (QED) is 0.383. The van der Waals surface area contributed by atoms with Crippen molar-refractivity contribution in [1.29, 1.82) is 0 Å². The van der Waals surface area contributed by atoms with Gasteiger partial charge in [-0.1, -0.05) is 30.3 Å². The number of hydrogen-bond donors (Lipinski definition) is 4. The zero-order valence-electron chi connectivity index (χ0n) is 18.1. The maximum Gasteiger partial charge on any atom is 0.490 e. The fraction of sp³-hybridized carbons (Fsp3) is 0.130. The van der Waals surface area contributed by atoms with Gasteiger partial charge in [-0.05, 0) is 35.9 Å². The Kier molecular flexibility index (Phi) is 9.58. The van der Waals surface area contributed by atoms with Crippen LogP contribution in [0.3, 0.4) is 0 Å². The van der Waals surface area contributed by atoms with Crippen molar-refractivity contribution in [2.24, 2.45) is 0 Å². The van der Waals surface area contributed by atoms with Gasteiger partial charge in [0.25, 0.3) is 5.91 Å². The summed E-state index contributed by atoms with van der Waals surface area (Å²) in [6, 6.07) is 17.6. The number of carbonyl (C=O) groups excluding carboxylic acids is 2. The number of halogens is 3. The number of alkyl carbamates (subject to hydrolysis) is 1. The van der Waals surface area contributed by atoms with Crippen molar-refractivity contribution < 1.29 is 37.4 Å². The highest BCUT2D eigenvalue weighted by Crippen LogP contribution is 2.18. The van der Waals surface area contributed by atoms with Gasteiger partial charge in [-0.15, -0.1) is 0 Å². The van der Waals surface area contributed by atoms with Crippen LogP contribution >= 0.6 is 0 Å². The van der Waals surface area contributed by atoms with Crippen LogP contribution in [0, 0.1) is 0 Å². The van der Waals surface area contributed by atoms with Crippen molar-refractivity contribution in [1.82, 2.24) is 10.3 Å². The third-order valence-corrected chi connectivity index (χ3v) is 4.20. The first-order chi connectivity index (χ1) is 16.6. The number of nitrogens with two attached hydrogens (primary N) is 1. The van der Waals surface area contributed by atoms with E-state index in [4.69, 9.17) is 20.4 Å². The van der Waals surface area contributed by atoms with E-state index in [9.17, 15) is 22.8 Å². The lowest BCUT2D eigenvalue weighted by atomic mass is 10.1. The van der Waals surface area contributed by atoms with Crippen LogP contribution in [0.4, 0.5) is 29.3 Å². The fourth-order valence-electron chi connectivity index (χ4n) is 2.44. The molecule has 2 amide bonds.